The maximum absolute atomic E-state index is 13.4. The van der Waals surface area contributed by atoms with E-state index >= 15 is 0 Å². The van der Waals surface area contributed by atoms with E-state index in [2.05, 4.69) is 18.9 Å². The normalized spacial score (nSPS) is 12.0. The summed E-state index contributed by atoms with van der Waals surface area (Å²) in [5.41, 5.74) is 0. The molecule has 0 saturated heterocycles. The fourth-order valence-electron chi connectivity index (χ4n) is 6.35. The van der Waals surface area contributed by atoms with Gasteiger partial charge in [0.2, 0.25) is 0 Å². The molecule has 0 fully saturated rings. The summed E-state index contributed by atoms with van der Waals surface area (Å²) in [6.07, 6.45) is 45.5. The highest BCUT2D eigenvalue weighted by molar-refractivity contribution is 7.61. The minimum atomic E-state index is -2.32. The van der Waals surface area contributed by atoms with Crippen molar-refractivity contribution in [2.24, 2.45) is 0 Å². The molecule has 0 rings (SSSR count). The molecule has 42 heavy (non-hydrogen) atoms. The molecule has 0 aromatic heterocycles. The van der Waals surface area contributed by atoms with Gasteiger partial charge in [-0.15, -0.1) is 0 Å². The van der Waals surface area contributed by atoms with Crippen LogP contribution in [0.1, 0.15) is 219 Å². The molecular formula is C38H80NO2P. The van der Waals surface area contributed by atoms with E-state index in [-0.39, 0.29) is 6.61 Å². The quantitative estimate of drug-likeness (QED) is 0.0541. The molecule has 0 aromatic rings. The Morgan fingerprint density at radius 1 is 0.381 bits per heavy atom. The van der Waals surface area contributed by atoms with E-state index in [0.29, 0.717) is 6.54 Å². The van der Waals surface area contributed by atoms with E-state index in [4.69, 9.17) is 0 Å². The largest absolute Gasteiger partial charge is 0.395 e. The van der Waals surface area contributed by atoms with Crippen LogP contribution >= 0.6 is 7.29 Å². The molecule has 2 N–H and O–H groups in total. The van der Waals surface area contributed by atoms with Gasteiger partial charge in [-0.05, 0) is 12.8 Å². The summed E-state index contributed by atoms with van der Waals surface area (Å²) in [6, 6.07) is 0. The second-order valence-corrected chi connectivity index (χ2v) is 16.6. The van der Waals surface area contributed by atoms with Crippen LogP contribution in [0.25, 0.3) is 0 Å². The van der Waals surface area contributed by atoms with Crippen LogP contribution in [0, 0.1) is 0 Å². The van der Waals surface area contributed by atoms with Crippen molar-refractivity contribution in [3.8, 4) is 0 Å². The van der Waals surface area contributed by atoms with Crippen LogP contribution < -0.4 is 5.09 Å². The molecule has 0 aromatic carbocycles. The number of hydrogen-bond donors (Lipinski definition) is 2. The summed E-state index contributed by atoms with van der Waals surface area (Å²) in [4.78, 5) is 0. The molecule has 0 bridgehead atoms. The third-order valence-corrected chi connectivity index (χ3v) is 12.1. The van der Waals surface area contributed by atoms with Crippen molar-refractivity contribution in [3.05, 3.63) is 0 Å². The number of unbranched alkanes of at least 4 members (excludes halogenated alkanes) is 30. The fraction of sp³-hybridized carbons (Fsp3) is 1.00. The standard InChI is InChI=1S/C38H80NO2P/c1-3-5-7-9-11-13-15-17-19-21-23-25-27-29-31-33-37-42(41,39-35-36-40)38-34-32-30-28-26-24-22-20-18-16-14-12-10-8-6-4-2/h40H,3-38H2,1-2H3,(H,39,41). The van der Waals surface area contributed by atoms with Crippen molar-refractivity contribution in [2.75, 3.05) is 25.5 Å². The van der Waals surface area contributed by atoms with Crippen LogP contribution in [0.2, 0.25) is 0 Å². The highest BCUT2D eigenvalue weighted by Gasteiger charge is 2.20. The molecule has 4 heteroatoms. The molecule has 3 nitrogen and oxygen atoms in total. The molecule has 0 radical (unpaired) electrons. The summed E-state index contributed by atoms with van der Waals surface area (Å²) in [6.45, 7) is 5.15. The van der Waals surface area contributed by atoms with Crippen LogP contribution in [0.5, 0.6) is 0 Å². The SMILES string of the molecule is CCCCCCCCCCCCCCCCCCP(=O)(CCCCCCCCCCCCCCCCCC)NCCO. The highest BCUT2D eigenvalue weighted by Crippen LogP contribution is 2.43. The van der Waals surface area contributed by atoms with Crippen molar-refractivity contribution in [2.45, 2.75) is 219 Å². The van der Waals surface area contributed by atoms with Gasteiger partial charge in [0.15, 0.2) is 0 Å². The van der Waals surface area contributed by atoms with Crippen LogP contribution in [0.3, 0.4) is 0 Å². The Balaban J connectivity index is 3.59. The molecule has 0 unspecified atom stereocenters. The minimum absolute atomic E-state index is 0.0852. The molecule has 0 saturated carbocycles. The molecule has 0 atom stereocenters. The first-order chi connectivity index (χ1) is 20.7. The Hall–Kier alpha value is 0.150. The van der Waals surface area contributed by atoms with Gasteiger partial charge >= 0.3 is 0 Å². The van der Waals surface area contributed by atoms with Crippen molar-refractivity contribution < 1.29 is 9.67 Å². The Labute approximate surface area is 266 Å². The number of hydrogen-bond acceptors (Lipinski definition) is 2. The second kappa shape index (κ2) is 35.6. The maximum Gasteiger partial charge on any atom is 0.147 e. The smallest absolute Gasteiger partial charge is 0.147 e. The van der Waals surface area contributed by atoms with Gasteiger partial charge in [-0.2, -0.15) is 0 Å². The van der Waals surface area contributed by atoms with Crippen molar-refractivity contribution >= 4 is 7.29 Å². The molecule has 0 amide bonds. The monoisotopic (exact) mass is 614 g/mol. The lowest BCUT2D eigenvalue weighted by Gasteiger charge is -2.19. The van der Waals surface area contributed by atoms with Crippen LogP contribution in [-0.2, 0) is 4.57 Å². The first-order valence-corrected chi connectivity index (χ1v) is 21.7. The van der Waals surface area contributed by atoms with Gasteiger partial charge < -0.3 is 9.67 Å². The zero-order chi connectivity index (χ0) is 30.7. The van der Waals surface area contributed by atoms with Gasteiger partial charge in [0.05, 0.1) is 6.61 Å². The Morgan fingerprint density at radius 3 is 0.810 bits per heavy atom. The molecule has 0 aliphatic heterocycles. The number of rotatable bonds is 37. The lowest BCUT2D eigenvalue weighted by atomic mass is 10.0. The van der Waals surface area contributed by atoms with Crippen molar-refractivity contribution in [1.82, 2.24) is 5.09 Å². The fourth-order valence-corrected chi connectivity index (χ4v) is 8.87. The van der Waals surface area contributed by atoms with E-state index in [1.54, 1.807) is 0 Å². The van der Waals surface area contributed by atoms with E-state index < -0.39 is 7.29 Å². The Bertz CT molecular complexity index is 501. The lowest BCUT2D eigenvalue weighted by Crippen LogP contribution is -2.19. The zero-order valence-corrected chi connectivity index (χ0v) is 30.2. The molecule has 254 valence electrons. The molecule has 0 aliphatic carbocycles. The van der Waals surface area contributed by atoms with Gasteiger partial charge in [-0.1, -0.05) is 206 Å². The lowest BCUT2D eigenvalue weighted by molar-refractivity contribution is 0.300. The third kappa shape index (κ3) is 33.1. The summed E-state index contributed by atoms with van der Waals surface area (Å²) in [5, 5.41) is 12.5. The molecular weight excluding hydrogens is 533 g/mol. The van der Waals surface area contributed by atoms with Gasteiger partial charge in [0.25, 0.3) is 0 Å². The highest BCUT2D eigenvalue weighted by atomic mass is 31.2. The predicted octanol–water partition coefficient (Wildman–Crippen LogP) is 13.4. The second-order valence-electron chi connectivity index (χ2n) is 13.6. The van der Waals surface area contributed by atoms with Crippen LogP contribution in [-0.4, -0.2) is 30.6 Å². The number of aliphatic hydroxyl groups excluding tert-OH is 1. The molecule has 0 heterocycles. The van der Waals surface area contributed by atoms with Crippen LogP contribution in [0.4, 0.5) is 0 Å². The first kappa shape index (κ1) is 42.1. The average Bonchev–Trinajstić information content (AvgIpc) is 2.99. The van der Waals surface area contributed by atoms with Gasteiger partial charge in [0.1, 0.15) is 7.29 Å². The molecule has 0 spiro atoms. The summed E-state index contributed by atoms with van der Waals surface area (Å²) in [7, 11) is -2.32. The van der Waals surface area contributed by atoms with Gasteiger partial charge in [-0.25, -0.2) is 0 Å². The van der Waals surface area contributed by atoms with Crippen LogP contribution in [0.15, 0.2) is 0 Å². The first-order valence-electron chi connectivity index (χ1n) is 19.6. The maximum atomic E-state index is 13.4. The topological polar surface area (TPSA) is 49.3 Å². The number of nitrogens with one attached hydrogen (secondary N) is 1. The summed E-state index contributed by atoms with van der Waals surface area (Å²) >= 11 is 0. The van der Waals surface area contributed by atoms with Crippen molar-refractivity contribution in [3.63, 3.8) is 0 Å². The Morgan fingerprint density at radius 2 is 0.595 bits per heavy atom. The number of aliphatic hydroxyl groups is 1. The van der Waals surface area contributed by atoms with E-state index in [9.17, 15) is 9.67 Å². The van der Waals surface area contributed by atoms with Crippen molar-refractivity contribution in [1.29, 1.82) is 0 Å². The average molecular weight is 614 g/mol. The molecule has 0 aliphatic rings. The predicted molar refractivity (Wildman–Crippen MR) is 192 cm³/mol. The third-order valence-electron chi connectivity index (χ3n) is 9.26. The Kier molecular flexibility index (Phi) is 35.8. The summed E-state index contributed by atoms with van der Waals surface area (Å²) < 4.78 is 13.4. The van der Waals surface area contributed by atoms with Gasteiger partial charge in [0, 0.05) is 18.9 Å². The zero-order valence-electron chi connectivity index (χ0n) is 29.3. The summed E-state index contributed by atoms with van der Waals surface area (Å²) in [5.74, 6) is 0. The van der Waals surface area contributed by atoms with E-state index in [1.165, 1.54) is 193 Å². The minimum Gasteiger partial charge on any atom is -0.395 e. The van der Waals surface area contributed by atoms with E-state index in [0.717, 1.165) is 25.2 Å². The van der Waals surface area contributed by atoms with E-state index in [1.807, 2.05) is 0 Å². The van der Waals surface area contributed by atoms with Gasteiger partial charge in [-0.3, -0.25) is 5.09 Å².